The lowest BCUT2D eigenvalue weighted by molar-refractivity contribution is 0.0612. The van der Waals surface area contributed by atoms with Crippen molar-refractivity contribution in [2.24, 2.45) is 5.92 Å². The summed E-state index contributed by atoms with van der Waals surface area (Å²) >= 11 is 0. The molecule has 1 N–H and O–H groups in total. The van der Waals surface area contributed by atoms with Crippen LogP contribution in [-0.4, -0.2) is 52.4 Å². The molecule has 4 heterocycles. The number of ether oxygens (including phenoxy) is 2. The monoisotopic (exact) mass is 412 g/mol. The van der Waals surface area contributed by atoms with E-state index >= 15 is 0 Å². The van der Waals surface area contributed by atoms with Crippen molar-refractivity contribution in [3.05, 3.63) is 42.1 Å². The Balaban J connectivity index is 1.21. The van der Waals surface area contributed by atoms with Crippen LogP contribution in [0.15, 0.2) is 29.5 Å². The van der Waals surface area contributed by atoms with Gasteiger partial charge in [-0.1, -0.05) is 50.0 Å². The number of furan rings is 1. The smallest absolute Gasteiger partial charge is 0.288 e. The van der Waals surface area contributed by atoms with E-state index in [1.807, 2.05) is 10.9 Å². The minimum absolute atomic E-state index is 0.0307. The lowest BCUT2D eigenvalue weighted by Gasteiger charge is -2.20. The van der Waals surface area contributed by atoms with Gasteiger partial charge in [-0.3, -0.25) is 4.79 Å². The van der Waals surface area contributed by atoms with Crippen molar-refractivity contribution in [1.82, 2.24) is 20.3 Å². The standard InChI is InChI=1S/C22H28N4O4/c1-2-15-8-9-28-19(15)22(27)23-17-12-29-21-18(13-30-20(17)21)26-11-16(24-25-26)10-14-6-4-3-5-7-14/h2,8-9,11,14,17-18,20-21H,1,3-7,10,12-13H2,(H,23,27). The van der Waals surface area contributed by atoms with Gasteiger partial charge in [0.15, 0.2) is 5.76 Å². The van der Waals surface area contributed by atoms with Crippen LogP contribution in [0, 0.1) is 5.92 Å². The van der Waals surface area contributed by atoms with E-state index in [0.717, 1.165) is 18.0 Å². The molecule has 4 unspecified atom stereocenters. The average Bonchev–Trinajstić information content (AvgIpc) is 3.54. The molecule has 1 aliphatic carbocycles. The Kier molecular flexibility index (Phi) is 5.43. The van der Waals surface area contributed by atoms with Crippen molar-refractivity contribution in [1.29, 1.82) is 0 Å². The Hall–Kier alpha value is -2.45. The molecule has 8 heteroatoms. The van der Waals surface area contributed by atoms with E-state index in [0.29, 0.717) is 18.8 Å². The quantitative estimate of drug-likeness (QED) is 0.785. The molecule has 0 radical (unpaired) electrons. The van der Waals surface area contributed by atoms with E-state index in [4.69, 9.17) is 13.9 Å². The topological polar surface area (TPSA) is 91.4 Å². The van der Waals surface area contributed by atoms with Crippen molar-refractivity contribution in [3.63, 3.8) is 0 Å². The molecule has 0 bridgehead atoms. The molecule has 0 aromatic carbocycles. The van der Waals surface area contributed by atoms with Crippen LogP contribution in [0.25, 0.3) is 6.08 Å². The summed E-state index contributed by atoms with van der Waals surface area (Å²) in [6.07, 6.45) is 12.3. The summed E-state index contributed by atoms with van der Waals surface area (Å²) in [4.78, 5) is 12.6. The Morgan fingerprint density at radius 1 is 1.23 bits per heavy atom. The van der Waals surface area contributed by atoms with Crippen LogP contribution in [-0.2, 0) is 15.9 Å². The third-order valence-electron chi connectivity index (χ3n) is 6.59. The molecule has 2 aliphatic heterocycles. The minimum atomic E-state index is -0.285. The molecule has 30 heavy (non-hydrogen) atoms. The number of hydrogen-bond donors (Lipinski definition) is 1. The summed E-state index contributed by atoms with van der Waals surface area (Å²) in [6, 6.07) is 1.45. The van der Waals surface area contributed by atoms with Crippen molar-refractivity contribution >= 4 is 12.0 Å². The highest BCUT2D eigenvalue weighted by atomic mass is 16.6. The first-order valence-electron chi connectivity index (χ1n) is 10.9. The SMILES string of the molecule is C=Cc1ccoc1C(=O)NC1COC2C1OCC2n1cc(CC2CCCCC2)nn1. The van der Waals surface area contributed by atoms with Gasteiger partial charge in [0.2, 0.25) is 0 Å². The van der Waals surface area contributed by atoms with Crippen LogP contribution < -0.4 is 5.32 Å². The van der Waals surface area contributed by atoms with Gasteiger partial charge in [0, 0.05) is 11.8 Å². The Morgan fingerprint density at radius 2 is 2.07 bits per heavy atom. The number of aromatic nitrogens is 3. The molecule has 5 rings (SSSR count). The minimum Gasteiger partial charge on any atom is -0.459 e. The number of nitrogens with zero attached hydrogens (tertiary/aromatic N) is 3. The molecule has 2 aromatic heterocycles. The van der Waals surface area contributed by atoms with Crippen LogP contribution in [0.5, 0.6) is 0 Å². The molecule has 8 nitrogen and oxygen atoms in total. The maximum Gasteiger partial charge on any atom is 0.288 e. The van der Waals surface area contributed by atoms with Gasteiger partial charge < -0.3 is 19.2 Å². The van der Waals surface area contributed by atoms with Gasteiger partial charge in [-0.25, -0.2) is 4.68 Å². The third-order valence-corrected chi connectivity index (χ3v) is 6.59. The maximum atomic E-state index is 12.6. The number of amides is 1. The van der Waals surface area contributed by atoms with E-state index < -0.39 is 0 Å². The van der Waals surface area contributed by atoms with Gasteiger partial charge in [-0.05, 0) is 18.4 Å². The highest BCUT2D eigenvalue weighted by molar-refractivity contribution is 5.95. The molecule has 3 aliphatic rings. The summed E-state index contributed by atoms with van der Waals surface area (Å²) < 4.78 is 19.2. The van der Waals surface area contributed by atoms with Gasteiger partial charge in [-0.15, -0.1) is 5.10 Å². The zero-order valence-electron chi connectivity index (χ0n) is 17.0. The first kappa shape index (κ1) is 19.5. The molecule has 2 aromatic rings. The van der Waals surface area contributed by atoms with Crippen molar-refractivity contribution in [3.8, 4) is 0 Å². The van der Waals surface area contributed by atoms with E-state index in [2.05, 4.69) is 22.2 Å². The normalized spacial score (nSPS) is 29.1. The first-order chi connectivity index (χ1) is 14.7. The summed E-state index contributed by atoms with van der Waals surface area (Å²) in [7, 11) is 0. The highest BCUT2D eigenvalue weighted by Gasteiger charge is 2.49. The number of nitrogens with one attached hydrogen (secondary N) is 1. The molecule has 3 fully saturated rings. The van der Waals surface area contributed by atoms with Crippen LogP contribution in [0.1, 0.15) is 60.0 Å². The summed E-state index contributed by atoms with van der Waals surface area (Å²) in [6.45, 7) is 4.60. The van der Waals surface area contributed by atoms with Crippen molar-refractivity contribution in [2.45, 2.75) is 62.8 Å². The van der Waals surface area contributed by atoms with Gasteiger partial charge in [0.25, 0.3) is 5.91 Å². The van der Waals surface area contributed by atoms with Gasteiger partial charge in [0.05, 0.1) is 31.2 Å². The third kappa shape index (κ3) is 3.70. The van der Waals surface area contributed by atoms with Crippen LogP contribution in [0.4, 0.5) is 0 Å². The zero-order chi connectivity index (χ0) is 20.5. The fraction of sp³-hybridized carbons (Fsp3) is 0.591. The second-order valence-corrected chi connectivity index (χ2v) is 8.55. The number of fused-ring (bicyclic) bond motifs is 1. The molecule has 160 valence electrons. The lowest BCUT2D eigenvalue weighted by Crippen LogP contribution is -2.44. The van der Waals surface area contributed by atoms with Crippen LogP contribution in [0.3, 0.4) is 0 Å². The number of rotatable bonds is 6. The highest BCUT2D eigenvalue weighted by Crippen LogP contribution is 2.34. The predicted octanol–water partition coefficient (Wildman–Crippen LogP) is 2.77. The maximum absolute atomic E-state index is 12.6. The summed E-state index contributed by atoms with van der Waals surface area (Å²) in [5, 5.41) is 11.7. The molecular weight excluding hydrogens is 384 g/mol. The second-order valence-electron chi connectivity index (χ2n) is 8.55. The fourth-order valence-corrected chi connectivity index (χ4v) is 4.98. The molecular formula is C22H28N4O4. The van der Waals surface area contributed by atoms with Gasteiger partial charge in [-0.2, -0.15) is 0 Å². The first-order valence-corrected chi connectivity index (χ1v) is 10.9. The molecule has 4 atom stereocenters. The Labute approximate surface area is 175 Å². The molecule has 2 saturated heterocycles. The predicted molar refractivity (Wildman–Crippen MR) is 109 cm³/mol. The van der Waals surface area contributed by atoms with Gasteiger partial charge in [0.1, 0.15) is 18.2 Å². The molecule has 0 spiro atoms. The second kappa shape index (κ2) is 8.35. The zero-order valence-corrected chi connectivity index (χ0v) is 17.0. The largest absolute Gasteiger partial charge is 0.459 e. The van der Waals surface area contributed by atoms with E-state index in [1.165, 1.54) is 38.4 Å². The Bertz CT molecular complexity index is 901. The Morgan fingerprint density at radius 3 is 2.90 bits per heavy atom. The van der Waals surface area contributed by atoms with Crippen LogP contribution in [0.2, 0.25) is 0 Å². The number of carbonyl (C=O) groups is 1. The van der Waals surface area contributed by atoms with Crippen molar-refractivity contribution in [2.75, 3.05) is 13.2 Å². The van der Waals surface area contributed by atoms with Crippen LogP contribution >= 0.6 is 0 Å². The van der Waals surface area contributed by atoms with E-state index in [9.17, 15) is 4.79 Å². The number of hydrogen-bond acceptors (Lipinski definition) is 6. The number of carbonyl (C=O) groups excluding carboxylic acids is 1. The fourth-order valence-electron chi connectivity index (χ4n) is 4.98. The van der Waals surface area contributed by atoms with Crippen molar-refractivity contribution < 1.29 is 18.7 Å². The summed E-state index contributed by atoms with van der Waals surface area (Å²) in [5.74, 6) is 0.694. The van der Waals surface area contributed by atoms with Gasteiger partial charge >= 0.3 is 0 Å². The van der Waals surface area contributed by atoms with E-state index in [-0.39, 0.29) is 36.0 Å². The molecule has 1 saturated carbocycles. The summed E-state index contributed by atoms with van der Waals surface area (Å²) in [5.41, 5.74) is 1.71. The average molecular weight is 412 g/mol. The lowest BCUT2D eigenvalue weighted by atomic mass is 9.86. The molecule has 1 amide bonds. The van der Waals surface area contributed by atoms with E-state index in [1.54, 1.807) is 12.1 Å².